The smallest absolute Gasteiger partial charge is 0.420 e. The Labute approximate surface area is 182 Å². The van der Waals surface area contributed by atoms with Crippen molar-refractivity contribution in [3.05, 3.63) is 23.7 Å². The van der Waals surface area contributed by atoms with Crippen molar-refractivity contribution in [2.24, 2.45) is 11.8 Å². The molecule has 2 unspecified atom stereocenters. The molecule has 0 rings (SSSR count). The van der Waals surface area contributed by atoms with Gasteiger partial charge in [-0.15, -0.1) is 0 Å². The fourth-order valence-corrected chi connectivity index (χ4v) is 1.04. The maximum Gasteiger partial charge on any atom is 1.00 e. The summed E-state index contributed by atoms with van der Waals surface area (Å²) in [6.07, 6.45) is 0.162. The molecule has 0 aromatic carbocycles. The number of allylic oxidation sites excluding steroid dienone is 1. The first-order valence-electron chi connectivity index (χ1n) is 4.43. The first-order valence-corrected chi connectivity index (χ1v) is 4.43. The molecule has 16 heavy (non-hydrogen) atoms. The molecule has 5 heteroatoms. The van der Waals surface area contributed by atoms with Crippen LogP contribution >= 0.6 is 0 Å². The first-order chi connectivity index (χ1) is 6.40. The van der Waals surface area contributed by atoms with Gasteiger partial charge in [-0.3, -0.25) is 16.2 Å². The van der Waals surface area contributed by atoms with Crippen molar-refractivity contribution in [3.63, 3.8) is 0 Å². The second-order valence-electron chi connectivity index (χ2n) is 3.50. The van der Waals surface area contributed by atoms with Crippen LogP contribution in [-0.4, -0.2) is 11.6 Å². The number of Topliss-reactive ketones (excluding diaryl/α,β-unsaturated/α-hetero) is 2. The van der Waals surface area contributed by atoms with Crippen LogP contribution in [0, 0.1) is 25.0 Å². The second-order valence-corrected chi connectivity index (χ2v) is 3.50. The summed E-state index contributed by atoms with van der Waals surface area (Å²) >= 11 is 0. The normalized spacial score (nSPS) is 12.1. The number of nitrogens with zero attached hydrogens (tertiary/aromatic N) is 1. The predicted molar refractivity (Wildman–Crippen MR) is 53.0 cm³/mol. The third-order valence-corrected chi connectivity index (χ3v) is 2.41. The van der Waals surface area contributed by atoms with E-state index >= 15 is 0 Å². The molecule has 0 bridgehead atoms. The van der Waals surface area contributed by atoms with Gasteiger partial charge in [0.25, 0.3) is 0 Å². The topological polar surface area (TPSA) is 38.5 Å². The molecule has 0 aliphatic rings. The van der Waals surface area contributed by atoms with Crippen LogP contribution < -0.4 is 103 Å². The number of ketones is 2. The van der Waals surface area contributed by atoms with E-state index in [1.807, 2.05) is 0 Å². The maximum absolute atomic E-state index is 11.2. The van der Waals surface area contributed by atoms with Gasteiger partial charge in [0.05, 0.1) is 12.3 Å². The summed E-state index contributed by atoms with van der Waals surface area (Å²) < 4.78 is 0. The Morgan fingerprint density at radius 1 is 1.31 bits per heavy atom. The van der Waals surface area contributed by atoms with Gasteiger partial charge in [0.1, 0.15) is 5.78 Å². The van der Waals surface area contributed by atoms with Gasteiger partial charge in [-0.05, 0) is 12.8 Å². The molecule has 0 amide bonds. The van der Waals surface area contributed by atoms with Crippen molar-refractivity contribution < 1.29 is 112 Å². The molecule has 0 spiro atoms. The van der Waals surface area contributed by atoms with Crippen LogP contribution in [0.1, 0.15) is 27.2 Å². The Hall–Kier alpha value is 1.84. The molecule has 0 radical (unpaired) electrons. The summed E-state index contributed by atoms with van der Waals surface area (Å²) in [5.74, 6) is -0.565. The average molecular weight is 270 g/mol. The molecule has 3 nitrogen and oxygen atoms in total. The molecule has 0 aromatic heterocycles. The van der Waals surface area contributed by atoms with Gasteiger partial charge >= 0.3 is 103 Å². The monoisotopic (exact) mass is 270 g/mol. The number of hydrogen-bond donors (Lipinski definition) is 0. The van der Waals surface area contributed by atoms with E-state index in [1.165, 1.54) is 6.92 Å². The summed E-state index contributed by atoms with van der Waals surface area (Å²) in [4.78, 5) is 25.1. The van der Waals surface area contributed by atoms with Gasteiger partial charge in [0, 0.05) is 11.7 Å². The fraction of sp³-hybridized carbons (Fsp3) is 0.545. The van der Waals surface area contributed by atoms with E-state index < -0.39 is 0 Å². The molecule has 0 N–H and O–H groups in total. The molecule has 0 heterocycles. The van der Waals surface area contributed by atoms with Crippen LogP contribution in [0.5, 0.6) is 0 Å². The third-order valence-electron chi connectivity index (χ3n) is 2.41. The Morgan fingerprint density at radius 3 is 2.06 bits per heavy atom. The number of carbonyl (C=O) groups is 2. The summed E-state index contributed by atoms with van der Waals surface area (Å²) in [6.45, 7) is 16.8. The Kier molecular flexibility index (Phi) is 17.1. The van der Waals surface area contributed by atoms with Crippen molar-refractivity contribution in [2.45, 2.75) is 27.2 Å². The van der Waals surface area contributed by atoms with Crippen molar-refractivity contribution >= 4 is 11.6 Å². The van der Waals surface area contributed by atoms with E-state index in [9.17, 15) is 9.59 Å². The van der Waals surface area contributed by atoms with Crippen LogP contribution in [-0.2, 0) is 9.59 Å². The van der Waals surface area contributed by atoms with Crippen LogP contribution in [0.2, 0.25) is 0 Å². The second kappa shape index (κ2) is 11.9. The van der Waals surface area contributed by atoms with Crippen LogP contribution in [0.3, 0.4) is 0 Å². The molecular formula is C11H14K2NO2+. The third kappa shape index (κ3) is 8.86. The molecule has 0 saturated heterocycles. The standard InChI is InChI=1S/C11H14NO2.2K/c1-7(8(2)10(4)13)6-11(14)9(3)12-5;;/h3,7-8H,6H2,1-2,4H3;;/q-1;2*+1. The van der Waals surface area contributed by atoms with Crippen molar-refractivity contribution in [2.75, 3.05) is 0 Å². The molecule has 76 valence electrons. The minimum Gasteiger partial charge on any atom is -0.420 e. The largest absolute Gasteiger partial charge is 1.00 e. The van der Waals surface area contributed by atoms with Gasteiger partial charge in [-0.25, -0.2) is 0 Å². The average Bonchev–Trinajstić information content (AvgIpc) is 2.14. The Bertz CT molecular complexity index is 308. The zero-order valence-electron chi connectivity index (χ0n) is 10.7. The van der Waals surface area contributed by atoms with Crippen LogP contribution in [0.15, 0.2) is 5.70 Å². The SMILES string of the molecule is [C-]#[N+]C(=[CH-])C(=O)CC(C)C(C)C(C)=O.[K+].[K+]. The minimum absolute atomic E-state index is 0. The van der Waals surface area contributed by atoms with Gasteiger partial charge in [-0.2, -0.15) is 0 Å². The minimum atomic E-state index is -0.374. The van der Waals surface area contributed by atoms with Crippen molar-refractivity contribution in [1.29, 1.82) is 0 Å². The number of rotatable bonds is 5. The van der Waals surface area contributed by atoms with Crippen molar-refractivity contribution in [3.8, 4) is 0 Å². The molecule has 0 aliphatic heterocycles. The van der Waals surface area contributed by atoms with Gasteiger partial charge in [-0.1, -0.05) is 20.3 Å². The summed E-state index contributed by atoms with van der Waals surface area (Å²) in [5, 5.41) is 0. The van der Waals surface area contributed by atoms with E-state index in [0.717, 1.165) is 0 Å². The Balaban J connectivity index is -0.000000845. The fourth-order valence-electron chi connectivity index (χ4n) is 1.04. The Morgan fingerprint density at radius 2 is 1.75 bits per heavy atom. The van der Waals surface area contributed by atoms with Crippen molar-refractivity contribution in [1.82, 2.24) is 0 Å². The number of carbonyl (C=O) groups excluding carboxylic acids is 2. The van der Waals surface area contributed by atoms with E-state index in [1.54, 1.807) is 13.8 Å². The van der Waals surface area contributed by atoms with E-state index in [-0.39, 0.29) is 138 Å². The molecule has 0 fully saturated rings. The van der Waals surface area contributed by atoms with E-state index in [4.69, 9.17) is 13.2 Å². The van der Waals surface area contributed by atoms with Crippen LogP contribution in [0.25, 0.3) is 4.85 Å². The predicted octanol–water partition coefficient (Wildman–Crippen LogP) is -3.95. The molecule has 0 aliphatic carbocycles. The van der Waals surface area contributed by atoms with Crippen LogP contribution in [0.4, 0.5) is 0 Å². The number of hydrogen-bond acceptors (Lipinski definition) is 2. The zero-order chi connectivity index (χ0) is 11.3. The molecule has 0 saturated carbocycles. The summed E-state index contributed by atoms with van der Waals surface area (Å²) in [5.41, 5.74) is -0.299. The van der Waals surface area contributed by atoms with Gasteiger partial charge in [0.2, 0.25) is 0 Å². The zero-order valence-corrected chi connectivity index (χ0v) is 16.9. The molecule has 2 atom stereocenters. The first kappa shape index (κ1) is 23.0. The van der Waals surface area contributed by atoms with Gasteiger partial charge < -0.3 is 4.79 Å². The molecule has 0 aromatic rings. The summed E-state index contributed by atoms with van der Waals surface area (Å²) in [7, 11) is 0. The van der Waals surface area contributed by atoms with Gasteiger partial charge in [0.15, 0.2) is 0 Å². The van der Waals surface area contributed by atoms with E-state index in [2.05, 4.69) is 4.85 Å². The van der Waals surface area contributed by atoms with E-state index in [0.29, 0.717) is 0 Å². The maximum atomic E-state index is 11.2. The summed E-state index contributed by atoms with van der Waals surface area (Å²) in [6, 6.07) is 0. The molecular weight excluding hydrogens is 256 g/mol. The quantitative estimate of drug-likeness (QED) is 0.291.